The molecule has 0 fully saturated rings. The third-order valence-corrected chi connectivity index (χ3v) is 3.20. The predicted molar refractivity (Wildman–Crippen MR) is 74.3 cm³/mol. The van der Waals surface area contributed by atoms with Crippen LogP contribution in [0.5, 0.6) is 0 Å². The van der Waals surface area contributed by atoms with Crippen LogP contribution in [0.2, 0.25) is 0 Å². The van der Waals surface area contributed by atoms with Gasteiger partial charge in [0.15, 0.2) is 5.69 Å². The third kappa shape index (κ3) is 3.99. The van der Waals surface area contributed by atoms with Gasteiger partial charge in [-0.2, -0.15) is 0 Å². The third-order valence-electron chi connectivity index (χ3n) is 2.36. The van der Waals surface area contributed by atoms with Gasteiger partial charge < -0.3 is 10.6 Å². The Labute approximate surface area is 115 Å². The highest BCUT2D eigenvalue weighted by molar-refractivity contribution is 7.09. The lowest BCUT2D eigenvalue weighted by molar-refractivity contribution is 0.0948. The molecule has 6 nitrogen and oxygen atoms in total. The second kappa shape index (κ2) is 6.79. The van der Waals surface area contributed by atoms with Crippen molar-refractivity contribution in [3.63, 3.8) is 0 Å². The minimum absolute atomic E-state index is 0.216. The summed E-state index contributed by atoms with van der Waals surface area (Å²) in [5.41, 5.74) is 0.320. The van der Waals surface area contributed by atoms with Gasteiger partial charge in [-0.25, -0.2) is 4.98 Å². The van der Waals surface area contributed by atoms with E-state index >= 15 is 0 Å². The van der Waals surface area contributed by atoms with Crippen LogP contribution in [-0.2, 0) is 6.42 Å². The summed E-state index contributed by atoms with van der Waals surface area (Å²) >= 11 is 1.58. The number of thiazole rings is 1. The topological polar surface area (TPSA) is 79.8 Å². The van der Waals surface area contributed by atoms with Crippen LogP contribution in [-0.4, -0.2) is 34.2 Å². The number of carbonyl (C=O) groups is 1. The molecule has 2 rings (SSSR count). The molecule has 0 aliphatic carbocycles. The van der Waals surface area contributed by atoms with Gasteiger partial charge in [-0.05, 0) is 19.1 Å². The second-order valence-electron chi connectivity index (χ2n) is 3.77. The normalized spacial score (nSPS) is 10.2. The molecule has 0 aromatic carbocycles. The molecular weight excluding hydrogens is 262 g/mol. The lowest BCUT2D eigenvalue weighted by Gasteiger charge is -2.04. The lowest BCUT2D eigenvalue weighted by Crippen LogP contribution is -2.26. The summed E-state index contributed by atoms with van der Waals surface area (Å²) in [7, 11) is 0. The molecule has 2 heterocycles. The fourth-order valence-electron chi connectivity index (χ4n) is 1.48. The Bertz CT molecular complexity index is 511. The van der Waals surface area contributed by atoms with E-state index in [-0.39, 0.29) is 5.91 Å². The number of rotatable bonds is 6. The van der Waals surface area contributed by atoms with E-state index in [1.165, 1.54) is 0 Å². The van der Waals surface area contributed by atoms with Crippen molar-refractivity contribution in [3.8, 4) is 0 Å². The van der Waals surface area contributed by atoms with Gasteiger partial charge >= 0.3 is 0 Å². The van der Waals surface area contributed by atoms with Crippen LogP contribution < -0.4 is 10.6 Å². The van der Waals surface area contributed by atoms with Crippen LogP contribution in [0.1, 0.15) is 22.4 Å². The van der Waals surface area contributed by atoms with Crippen molar-refractivity contribution in [2.24, 2.45) is 0 Å². The molecule has 19 heavy (non-hydrogen) atoms. The number of hydrogen-bond acceptors (Lipinski definition) is 6. The van der Waals surface area contributed by atoms with Gasteiger partial charge in [-0.1, -0.05) is 0 Å². The zero-order chi connectivity index (χ0) is 13.5. The van der Waals surface area contributed by atoms with Crippen LogP contribution >= 0.6 is 11.3 Å². The second-order valence-corrected chi connectivity index (χ2v) is 4.75. The summed E-state index contributed by atoms with van der Waals surface area (Å²) in [6.07, 6.45) is 2.49. The minimum Gasteiger partial charge on any atom is -0.369 e. The van der Waals surface area contributed by atoms with Crippen LogP contribution in [0.25, 0.3) is 0 Å². The Morgan fingerprint density at radius 2 is 2.26 bits per heavy atom. The van der Waals surface area contributed by atoms with E-state index in [9.17, 15) is 4.79 Å². The number of nitrogens with zero attached hydrogens (tertiary/aromatic N) is 3. The first-order valence-corrected chi connectivity index (χ1v) is 6.91. The average Bonchev–Trinajstić information content (AvgIpc) is 2.93. The molecule has 0 saturated carbocycles. The lowest BCUT2D eigenvalue weighted by atomic mass is 10.3. The molecule has 7 heteroatoms. The highest BCUT2D eigenvalue weighted by Crippen LogP contribution is 2.04. The van der Waals surface area contributed by atoms with Crippen molar-refractivity contribution in [3.05, 3.63) is 34.4 Å². The zero-order valence-corrected chi connectivity index (χ0v) is 11.4. The number of aromatic nitrogens is 3. The molecule has 100 valence electrons. The summed E-state index contributed by atoms with van der Waals surface area (Å²) in [5.74, 6) is 0.453. The maximum absolute atomic E-state index is 11.8. The summed E-state index contributed by atoms with van der Waals surface area (Å²) in [5, 5.41) is 16.5. The predicted octanol–water partition coefficient (Wildman–Crippen LogP) is 1.34. The van der Waals surface area contributed by atoms with Gasteiger partial charge in [0.1, 0.15) is 5.82 Å². The van der Waals surface area contributed by atoms with Crippen molar-refractivity contribution in [2.75, 3.05) is 18.4 Å². The van der Waals surface area contributed by atoms with Crippen molar-refractivity contribution in [1.82, 2.24) is 20.5 Å². The van der Waals surface area contributed by atoms with Gasteiger partial charge in [0.2, 0.25) is 0 Å². The highest BCUT2D eigenvalue weighted by atomic mass is 32.1. The SMILES string of the molecule is CCNc1ccc(C(=O)NCCc2nccs2)nn1. The van der Waals surface area contributed by atoms with Gasteiger partial charge in [-0.3, -0.25) is 4.79 Å². The van der Waals surface area contributed by atoms with Gasteiger partial charge in [0.05, 0.1) is 5.01 Å². The fourth-order valence-corrected chi connectivity index (χ4v) is 2.10. The maximum Gasteiger partial charge on any atom is 0.271 e. The van der Waals surface area contributed by atoms with E-state index in [4.69, 9.17) is 0 Å². The number of carbonyl (C=O) groups excluding carboxylic acids is 1. The number of hydrogen-bond donors (Lipinski definition) is 2. The molecule has 2 aromatic rings. The van der Waals surface area contributed by atoms with Crippen molar-refractivity contribution in [2.45, 2.75) is 13.3 Å². The molecular formula is C12H15N5OS. The van der Waals surface area contributed by atoms with Crippen LogP contribution in [0, 0.1) is 0 Å². The first-order valence-electron chi connectivity index (χ1n) is 6.03. The minimum atomic E-state index is -0.216. The van der Waals surface area contributed by atoms with Gasteiger partial charge in [-0.15, -0.1) is 21.5 Å². The van der Waals surface area contributed by atoms with Crippen molar-refractivity contribution < 1.29 is 4.79 Å². The van der Waals surface area contributed by atoms with E-state index in [1.807, 2.05) is 12.3 Å². The molecule has 0 atom stereocenters. The summed E-state index contributed by atoms with van der Waals surface area (Å²) in [6.45, 7) is 3.29. The van der Waals surface area contributed by atoms with Gasteiger partial charge in [0.25, 0.3) is 5.91 Å². The largest absolute Gasteiger partial charge is 0.369 e. The van der Waals surface area contributed by atoms with Crippen LogP contribution in [0.15, 0.2) is 23.7 Å². The number of anilines is 1. The van der Waals surface area contributed by atoms with E-state index in [0.29, 0.717) is 18.1 Å². The smallest absolute Gasteiger partial charge is 0.271 e. The van der Waals surface area contributed by atoms with E-state index in [2.05, 4.69) is 25.8 Å². The fraction of sp³-hybridized carbons (Fsp3) is 0.333. The summed E-state index contributed by atoms with van der Waals surface area (Å²) < 4.78 is 0. The Morgan fingerprint density at radius 3 is 2.89 bits per heavy atom. The molecule has 0 saturated heterocycles. The monoisotopic (exact) mass is 277 g/mol. The van der Waals surface area contributed by atoms with E-state index < -0.39 is 0 Å². The summed E-state index contributed by atoms with van der Waals surface area (Å²) in [4.78, 5) is 15.9. The molecule has 0 bridgehead atoms. The first kappa shape index (κ1) is 13.4. The van der Waals surface area contributed by atoms with Crippen molar-refractivity contribution in [1.29, 1.82) is 0 Å². The van der Waals surface area contributed by atoms with Crippen LogP contribution in [0.4, 0.5) is 5.82 Å². The van der Waals surface area contributed by atoms with E-state index in [0.717, 1.165) is 18.0 Å². The van der Waals surface area contributed by atoms with Crippen molar-refractivity contribution >= 4 is 23.1 Å². The molecule has 1 amide bonds. The Balaban J connectivity index is 1.82. The first-order chi connectivity index (χ1) is 9.29. The molecule has 0 aliphatic heterocycles. The van der Waals surface area contributed by atoms with Crippen LogP contribution in [0.3, 0.4) is 0 Å². The standard InChI is InChI=1S/C12H15N5OS/c1-2-13-10-4-3-9(16-17-10)12(18)15-6-5-11-14-7-8-19-11/h3-4,7-8H,2,5-6H2,1H3,(H,13,17)(H,15,18). The zero-order valence-electron chi connectivity index (χ0n) is 10.6. The van der Waals surface area contributed by atoms with E-state index in [1.54, 1.807) is 29.7 Å². The molecule has 0 aliphatic rings. The molecule has 2 aromatic heterocycles. The average molecular weight is 277 g/mol. The molecule has 0 unspecified atom stereocenters. The number of nitrogens with one attached hydrogen (secondary N) is 2. The Hall–Kier alpha value is -2.02. The maximum atomic E-state index is 11.8. The van der Waals surface area contributed by atoms with Gasteiger partial charge in [0, 0.05) is 31.1 Å². The number of amides is 1. The molecule has 2 N–H and O–H groups in total. The molecule has 0 radical (unpaired) electrons. The molecule has 0 spiro atoms. The Kier molecular flexibility index (Phi) is 4.79. The Morgan fingerprint density at radius 1 is 1.37 bits per heavy atom. The quantitative estimate of drug-likeness (QED) is 0.833. The summed E-state index contributed by atoms with van der Waals surface area (Å²) in [6, 6.07) is 3.40. The highest BCUT2D eigenvalue weighted by Gasteiger charge is 2.07.